The monoisotopic (exact) mass is 1210 g/mol. The Kier molecular flexibility index (Phi) is 33.7. The molecule has 1 saturated carbocycles. The van der Waals surface area contributed by atoms with Crippen LogP contribution in [0.3, 0.4) is 0 Å². The van der Waals surface area contributed by atoms with E-state index in [1.807, 2.05) is 89.2 Å². The molecule has 3 unspecified atom stereocenters. The normalized spacial score (nSPS) is 14.6. The number of rotatable bonds is 12. The van der Waals surface area contributed by atoms with Crippen LogP contribution in [0.15, 0.2) is 164 Å². The maximum Gasteiger partial charge on any atom is 0.341 e. The van der Waals surface area contributed by atoms with Gasteiger partial charge in [0, 0.05) is 65.1 Å². The topological polar surface area (TPSA) is 179 Å². The van der Waals surface area contributed by atoms with E-state index in [0.717, 1.165) is 87.5 Å². The molecule has 1 saturated heterocycles. The van der Waals surface area contributed by atoms with Crippen LogP contribution in [0.4, 0.5) is 0 Å². The first-order valence-electron chi connectivity index (χ1n) is 31.6. The van der Waals surface area contributed by atoms with Gasteiger partial charge in [0.2, 0.25) is 0 Å². The Labute approximate surface area is 527 Å². The largest absolute Gasteiger partial charge is 0.469 e. The highest BCUT2D eigenvalue weighted by Gasteiger charge is 2.36. The third kappa shape index (κ3) is 27.8. The molecule has 8 aromatic heterocycles. The van der Waals surface area contributed by atoms with Crippen LogP contribution in [0.5, 0.6) is 0 Å². The zero-order chi connectivity index (χ0) is 65.5. The van der Waals surface area contributed by atoms with Gasteiger partial charge in [0.25, 0.3) is 0 Å². The molecule has 3 atom stereocenters. The zero-order valence-electron chi connectivity index (χ0n) is 57.2. The average molecular weight is 1210 g/mol. The molecule has 9 aromatic rings. The molecule has 11 rings (SSSR count). The van der Waals surface area contributed by atoms with Gasteiger partial charge in [-0.1, -0.05) is 167 Å². The van der Waals surface area contributed by atoms with Crippen molar-refractivity contribution in [2.24, 2.45) is 11.8 Å². The van der Waals surface area contributed by atoms with Crippen LogP contribution in [0.1, 0.15) is 278 Å². The summed E-state index contributed by atoms with van der Waals surface area (Å²) >= 11 is 0. The van der Waals surface area contributed by atoms with E-state index in [1.54, 1.807) is 50.4 Å². The molecule has 14 heteroatoms. The summed E-state index contributed by atoms with van der Waals surface area (Å²) in [6.07, 6.45) is 16.0. The second-order valence-corrected chi connectivity index (χ2v) is 25.0. The van der Waals surface area contributed by atoms with Gasteiger partial charge in [-0.15, -0.1) is 0 Å². The van der Waals surface area contributed by atoms with E-state index in [2.05, 4.69) is 153 Å². The van der Waals surface area contributed by atoms with Crippen molar-refractivity contribution in [3.05, 3.63) is 198 Å². The standard InChI is InChI=1S/C13H14O.C11H16O.C10H14O3.C8H12O.C7H14O.C7H10O.3C6H9NO/c1-10(2)12-8-9-13(14-12)11-6-4-3-5-7-11;1-7(2)10-4-5-11(12-10)9-6-8(9)3;1-6(2)9-5-8(7(3)13-9)10(11)12-4;1-6(2)8-5-4-7(3)9-8;2*1-6(2)7-4-3-5-8-7;1-5(2)6-3-7-4-8-6;1-5(2)6-3-7-8-4-6;1-5(2)6-7-3-4-8-6/h3-10H,1-2H3;4-5,7-9H,6H2,1-3H3;5-6H,1-4H3;4-6H,1-3H3;6-7H,3-5H2,1-2H3;3-6H,1-2H3;3*3-5H,1-2H3. The number of hydrogen-bond donors (Lipinski definition) is 0. The summed E-state index contributed by atoms with van der Waals surface area (Å²) in [5.74, 6) is 16.3. The van der Waals surface area contributed by atoms with E-state index in [9.17, 15) is 4.79 Å². The van der Waals surface area contributed by atoms with Gasteiger partial charge in [-0.2, -0.15) is 0 Å². The van der Waals surface area contributed by atoms with Crippen LogP contribution in [0, 0.1) is 25.7 Å². The molecule has 1 aliphatic heterocycles. The van der Waals surface area contributed by atoms with Crippen molar-refractivity contribution in [3.63, 3.8) is 0 Å². The molecule has 2 fully saturated rings. The van der Waals surface area contributed by atoms with Crippen molar-refractivity contribution < 1.29 is 49.7 Å². The summed E-state index contributed by atoms with van der Waals surface area (Å²) in [6.45, 7) is 45.0. The molecular formula is C74H107N3O11. The molecule has 0 spiro atoms. The summed E-state index contributed by atoms with van der Waals surface area (Å²) in [6, 6.07) is 28.2. The second-order valence-electron chi connectivity index (χ2n) is 25.0. The van der Waals surface area contributed by atoms with Gasteiger partial charge in [0.05, 0.1) is 38.1 Å². The minimum Gasteiger partial charge on any atom is -0.469 e. The predicted octanol–water partition coefficient (Wildman–Crippen LogP) is 22.4. The number of carbonyl (C=O) groups excluding carboxylic acids is 1. The van der Waals surface area contributed by atoms with E-state index >= 15 is 0 Å². The number of methoxy groups -OCH3 is 1. The van der Waals surface area contributed by atoms with E-state index in [-0.39, 0.29) is 11.9 Å². The molecule has 88 heavy (non-hydrogen) atoms. The number of aryl methyl sites for hydroxylation is 2. The highest BCUT2D eigenvalue weighted by atomic mass is 16.5. The fraction of sp³-hybridized carbons (Fsp3) is 0.514. The number of ether oxygens (including phenoxy) is 2. The lowest BCUT2D eigenvalue weighted by molar-refractivity contribution is 0.0598. The molecule has 484 valence electrons. The molecule has 14 nitrogen and oxygen atoms in total. The number of benzene rings is 1. The maximum absolute atomic E-state index is 11.2. The number of esters is 1. The minimum atomic E-state index is -0.340. The van der Waals surface area contributed by atoms with Crippen molar-refractivity contribution in [3.8, 4) is 11.3 Å². The van der Waals surface area contributed by atoms with Crippen molar-refractivity contribution in [1.82, 2.24) is 15.1 Å². The first kappa shape index (κ1) is 74.9. The Morgan fingerprint density at radius 3 is 1.52 bits per heavy atom. The second kappa shape index (κ2) is 39.5. The molecule has 0 N–H and O–H groups in total. The van der Waals surface area contributed by atoms with E-state index in [0.29, 0.717) is 58.9 Å². The SMILES string of the molecule is CC(C)C1CCCO1.CC(C)c1ccc(-c2ccccc2)o1.CC(C)c1ccc(C2CC2C)o1.CC(C)c1ccco1.CC(C)c1cnco1.CC(C)c1cnoc1.CC(C)c1ncco1.COC(=O)c1cc(C(C)C)oc1C.Cc1ccc(C(C)C)o1. The lowest BCUT2D eigenvalue weighted by Gasteiger charge is -2.11. The first-order chi connectivity index (χ1) is 41.7. The van der Waals surface area contributed by atoms with Crippen molar-refractivity contribution in [2.75, 3.05) is 13.7 Å². The van der Waals surface area contributed by atoms with Gasteiger partial charge in [-0.05, 0) is 105 Å². The third-order valence-electron chi connectivity index (χ3n) is 14.1. The first-order valence-corrected chi connectivity index (χ1v) is 31.6. The number of oxazole rings is 2. The van der Waals surface area contributed by atoms with E-state index < -0.39 is 0 Å². The van der Waals surface area contributed by atoms with Crippen LogP contribution in [-0.4, -0.2) is 40.9 Å². The Morgan fingerprint density at radius 2 is 1.18 bits per heavy atom. The lowest BCUT2D eigenvalue weighted by Crippen LogP contribution is -2.12. The van der Waals surface area contributed by atoms with E-state index in [4.69, 9.17) is 35.7 Å². The number of nitrogens with zero attached hydrogens (tertiary/aromatic N) is 3. The van der Waals surface area contributed by atoms with Gasteiger partial charge in [-0.25, -0.2) is 14.8 Å². The number of furan rings is 5. The van der Waals surface area contributed by atoms with Gasteiger partial charge < -0.3 is 44.9 Å². The van der Waals surface area contributed by atoms with Gasteiger partial charge >= 0.3 is 5.97 Å². The third-order valence-corrected chi connectivity index (χ3v) is 14.1. The van der Waals surface area contributed by atoms with Crippen LogP contribution < -0.4 is 0 Å². The number of hydrogen-bond acceptors (Lipinski definition) is 14. The number of aromatic nitrogens is 3. The Bertz CT molecular complexity index is 2950. The molecule has 2 aliphatic rings. The molecule has 1 aromatic carbocycles. The molecule has 0 radical (unpaired) electrons. The summed E-state index contributed by atoms with van der Waals surface area (Å²) < 4.78 is 51.9. The van der Waals surface area contributed by atoms with Crippen LogP contribution in [-0.2, 0) is 9.47 Å². The lowest BCUT2D eigenvalue weighted by atomic mass is 10.1. The predicted molar refractivity (Wildman–Crippen MR) is 352 cm³/mol. The summed E-state index contributed by atoms with van der Waals surface area (Å²) in [4.78, 5) is 18.9. The highest BCUT2D eigenvalue weighted by Crippen LogP contribution is 2.47. The van der Waals surface area contributed by atoms with Crippen LogP contribution in [0.2, 0.25) is 0 Å². The quantitative estimate of drug-likeness (QED) is 0.105. The Hall–Kier alpha value is -7.32. The summed E-state index contributed by atoms with van der Waals surface area (Å²) in [5.41, 5.74) is 2.82. The van der Waals surface area contributed by atoms with E-state index in [1.165, 1.54) is 38.5 Å². The van der Waals surface area contributed by atoms with Crippen LogP contribution in [0.25, 0.3) is 11.3 Å². The minimum absolute atomic E-state index is 0.289. The molecule has 0 amide bonds. The fourth-order valence-corrected chi connectivity index (χ4v) is 8.16. The summed E-state index contributed by atoms with van der Waals surface area (Å²) in [7, 11) is 1.36. The molecule has 9 heterocycles. The smallest absolute Gasteiger partial charge is 0.341 e. The van der Waals surface area contributed by atoms with Crippen molar-refractivity contribution in [2.45, 2.75) is 224 Å². The van der Waals surface area contributed by atoms with Crippen molar-refractivity contribution >= 4 is 5.97 Å². The molecule has 0 bridgehead atoms. The fourth-order valence-electron chi connectivity index (χ4n) is 8.16. The Morgan fingerprint density at radius 1 is 0.580 bits per heavy atom. The maximum atomic E-state index is 11.2. The average Bonchev–Trinajstić information content (AvgIpc) is 3.27. The molecular weight excluding hydrogens is 1110 g/mol. The Balaban J connectivity index is 0.000000261. The summed E-state index contributed by atoms with van der Waals surface area (Å²) in [5, 5.41) is 3.57. The van der Waals surface area contributed by atoms with Crippen LogP contribution >= 0.6 is 0 Å². The number of carbonyl (C=O) groups is 1. The van der Waals surface area contributed by atoms with Gasteiger partial charge in [0.15, 0.2) is 12.3 Å². The molecule has 1 aliphatic carbocycles. The zero-order valence-corrected chi connectivity index (χ0v) is 57.2. The van der Waals surface area contributed by atoms with Gasteiger partial charge in [0.1, 0.15) is 75.7 Å². The van der Waals surface area contributed by atoms with Crippen molar-refractivity contribution in [1.29, 1.82) is 0 Å². The van der Waals surface area contributed by atoms with Gasteiger partial charge in [-0.3, -0.25) is 0 Å². The highest BCUT2D eigenvalue weighted by molar-refractivity contribution is 5.90.